The van der Waals surface area contributed by atoms with Gasteiger partial charge in [-0.1, -0.05) is 101 Å². The fraction of sp³-hybridized carbons (Fsp3) is 0.441. The van der Waals surface area contributed by atoms with Crippen molar-refractivity contribution in [2.75, 3.05) is 20.8 Å². The first-order valence-electron chi connectivity index (χ1n) is 14.4. The van der Waals surface area contributed by atoms with Crippen LogP contribution in [0.1, 0.15) is 77.3 Å². The molecule has 3 rings (SSSR count). The predicted molar refractivity (Wildman–Crippen MR) is 165 cm³/mol. The fourth-order valence-corrected chi connectivity index (χ4v) is 10.2. The molecule has 3 aromatic rings. The zero-order valence-electron chi connectivity index (χ0n) is 25.3. The second-order valence-corrected chi connectivity index (χ2v) is 15.5. The molecule has 0 saturated carbocycles. The van der Waals surface area contributed by atoms with Crippen molar-refractivity contribution in [2.24, 2.45) is 0 Å². The van der Waals surface area contributed by atoms with Crippen LogP contribution in [0.25, 0.3) is 0 Å². The van der Waals surface area contributed by atoms with Gasteiger partial charge in [0.15, 0.2) is 0 Å². The molecule has 0 aliphatic heterocycles. The number of hydrogen-bond acceptors (Lipinski definition) is 5. The van der Waals surface area contributed by atoms with E-state index in [2.05, 4.69) is 88.4 Å². The topological polar surface area (TPSA) is 54.0 Å². The number of methoxy groups -OCH3 is 2. The molecule has 1 atom stereocenters. The lowest BCUT2D eigenvalue weighted by Gasteiger charge is -2.43. The monoisotopic (exact) mass is 562 g/mol. The molecule has 5 nitrogen and oxygen atoms in total. The average Bonchev–Trinajstić information content (AvgIpc) is 2.95. The lowest BCUT2D eigenvalue weighted by Crippen LogP contribution is -2.66. The van der Waals surface area contributed by atoms with Gasteiger partial charge in [-0.05, 0) is 46.5 Å². The molecule has 0 N–H and O–H groups in total. The van der Waals surface area contributed by atoms with Crippen molar-refractivity contribution < 1.29 is 23.4 Å². The van der Waals surface area contributed by atoms with Gasteiger partial charge in [-0.25, -0.2) is 0 Å². The van der Waals surface area contributed by atoms with Crippen molar-refractivity contribution in [1.82, 2.24) is 0 Å². The second-order valence-electron chi connectivity index (χ2n) is 11.2. The summed E-state index contributed by atoms with van der Waals surface area (Å²) < 4.78 is 24.3. The highest BCUT2D eigenvalue weighted by molar-refractivity contribution is 6.99. The molecule has 6 heteroatoms. The molecule has 0 amide bonds. The van der Waals surface area contributed by atoms with Gasteiger partial charge in [0.25, 0.3) is 8.32 Å². The third kappa shape index (κ3) is 7.15. The molecule has 3 aromatic carbocycles. The summed E-state index contributed by atoms with van der Waals surface area (Å²) in [5.41, 5.74) is 1.89. The molecule has 0 bridgehead atoms. The summed E-state index contributed by atoms with van der Waals surface area (Å²) in [6.45, 7) is 11.6. The molecule has 0 unspecified atom stereocenters. The summed E-state index contributed by atoms with van der Waals surface area (Å²) >= 11 is 0. The van der Waals surface area contributed by atoms with E-state index >= 15 is 0 Å². The lowest BCUT2D eigenvalue weighted by atomic mass is 9.88. The second kappa shape index (κ2) is 14.5. The third-order valence-electron chi connectivity index (χ3n) is 7.51. The number of hydrogen-bond donors (Lipinski definition) is 0. The third-order valence-corrected chi connectivity index (χ3v) is 12.5. The van der Waals surface area contributed by atoms with Gasteiger partial charge in [0.1, 0.15) is 11.5 Å². The van der Waals surface area contributed by atoms with Crippen LogP contribution in [0.5, 0.6) is 11.5 Å². The predicted octanol–water partition coefficient (Wildman–Crippen LogP) is 7.01. The largest absolute Gasteiger partial charge is 0.496 e. The van der Waals surface area contributed by atoms with Crippen LogP contribution in [0.4, 0.5) is 0 Å². The van der Waals surface area contributed by atoms with Gasteiger partial charge in [0.05, 0.1) is 33.9 Å². The van der Waals surface area contributed by atoms with Gasteiger partial charge in [0.2, 0.25) is 0 Å². The van der Waals surface area contributed by atoms with Crippen LogP contribution in [0.2, 0.25) is 5.04 Å². The van der Waals surface area contributed by atoms with Crippen LogP contribution in [0, 0.1) is 0 Å². The SMILES string of the molecule is CCCC[C@H](CC(=O)OCC)c1c(OC)cc(CO[Si](c2ccccc2)(c2ccccc2)C(C)(C)C)cc1OC. The van der Waals surface area contributed by atoms with E-state index in [4.69, 9.17) is 18.6 Å². The van der Waals surface area contributed by atoms with E-state index in [0.29, 0.717) is 31.1 Å². The summed E-state index contributed by atoms with van der Waals surface area (Å²) in [7, 11) is 0.632. The number of benzene rings is 3. The summed E-state index contributed by atoms with van der Waals surface area (Å²) in [6.07, 6.45) is 3.17. The van der Waals surface area contributed by atoms with Crippen molar-refractivity contribution in [2.45, 2.75) is 77.9 Å². The van der Waals surface area contributed by atoms with Gasteiger partial charge in [-0.3, -0.25) is 4.79 Å². The van der Waals surface area contributed by atoms with Crippen LogP contribution < -0.4 is 19.8 Å². The Kier molecular flexibility index (Phi) is 11.4. The summed E-state index contributed by atoms with van der Waals surface area (Å²) in [5.74, 6) is 1.17. The molecule has 0 heterocycles. The molecular formula is C34H46O5Si. The van der Waals surface area contributed by atoms with E-state index in [0.717, 1.165) is 30.4 Å². The number of unbranched alkanes of at least 4 members (excludes halogenated alkanes) is 1. The molecule has 40 heavy (non-hydrogen) atoms. The van der Waals surface area contributed by atoms with Gasteiger partial charge >= 0.3 is 5.97 Å². The van der Waals surface area contributed by atoms with Crippen molar-refractivity contribution in [1.29, 1.82) is 0 Å². The number of rotatable bonds is 14. The van der Waals surface area contributed by atoms with Crippen molar-refractivity contribution >= 4 is 24.7 Å². The molecule has 0 aromatic heterocycles. The van der Waals surface area contributed by atoms with Gasteiger partial charge in [-0.2, -0.15) is 0 Å². The van der Waals surface area contributed by atoms with Gasteiger partial charge in [-0.15, -0.1) is 0 Å². The number of carbonyl (C=O) groups is 1. The van der Waals surface area contributed by atoms with Crippen LogP contribution in [0.15, 0.2) is 72.8 Å². The minimum atomic E-state index is -2.71. The Balaban J connectivity index is 2.07. The van der Waals surface area contributed by atoms with Gasteiger partial charge < -0.3 is 18.6 Å². The maximum absolute atomic E-state index is 12.5. The Bertz CT molecular complexity index is 1140. The van der Waals surface area contributed by atoms with E-state index in [1.807, 2.05) is 19.1 Å². The first-order valence-corrected chi connectivity index (χ1v) is 16.3. The molecule has 0 saturated heterocycles. The fourth-order valence-electron chi connectivity index (χ4n) is 5.65. The highest BCUT2D eigenvalue weighted by Crippen LogP contribution is 2.42. The van der Waals surface area contributed by atoms with E-state index < -0.39 is 8.32 Å². The number of esters is 1. The van der Waals surface area contributed by atoms with E-state index in [1.165, 1.54) is 10.4 Å². The van der Waals surface area contributed by atoms with E-state index in [-0.39, 0.29) is 16.9 Å². The molecule has 216 valence electrons. The molecular weight excluding hydrogens is 516 g/mol. The van der Waals surface area contributed by atoms with Crippen molar-refractivity contribution in [3.8, 4) is 11.5 Å². The lowest BCUT2D eigenvalue weighted by molar-refractivity contribution is -0.143. The Hall–Kier alpha value is -3.09. The minimum Gasteiger partial charge on any atom is -0.496 e. The van der Waals surface area contributed by atoms with E-state index in [1.54, 1.807) is 14.2 Å². The molecule has 0 fully saturated rings. The molecule has 0 spiro atoms. The highest BCUT2D eigenvalue weighted by atomic mass is 28.4. The zero-order chi connectivity index (χ0) is 29.2. The minimum absolute atomic E-state index is 0.0597. The highest BCUT2D eigenvalue weighted by Gasteiger charge is 2.50. The van der Waals surface area contributed by atoms with Crippen LogP contribution in [0.3, 0.4) is 0 Å². The Morgan fingerprint density at radius 3 is 1.80 bits per heavy atom. The first kappa shape index (κ1) is 31.4. The Labute approximate surface area is 242 Å². The van der Waals surface area contributed by atoms with Gasteiger partial charge in [0, 0.05) is 11.5 Å². The van der Waals surface area contributed by atoms with Crippen LogP contribution in [-0.4, -0.2) is 35.1 Å². The molecule has 0 radical (unpaired) electrons. The maximum Gasteiger partial charge on any atom is 0.306 e. The van der Waals surface area contributed by atoms with Crippen molar-refractivity contribution in [3.05, 3.63) is 83.9 Å². The molecule has 0 aliphatic carbocycles. The quantitative estimate of drug-likeness (QED) is 0.156. The number of carbonyl (C=O) groups excluding carboxylic acids is 1. The maximum atomic E-state index is 12.5. The zero-order valence-corrected chi connectivity index (χ0v) is 26.3. The van der Waals surface area contributed by atoms with Crippen LogP contribution >= 0.6 is 0 Å². The Morgan fingerprint density at radius 2 is 1.38 bits per heavy atom. The average molecular weight is 563 g/mol. The number of ether oxygens (including phenoxy) is 3. The van der Waals surface area contributed by atoms with E-state index in [9.17, 15) is 4.79 Å². The normalized spacial score (nSPS) is 12.6. The molecule has 0 aliphatic rings. The summed E-state index contributed by atoms with van der Waals surface area (Å²) in [6, 6.07) is 25.3. The standard InChI is InChI=1S/C34H46O5Si/c1-8-10-17-27(24-32(35)38-9-2)33-30(36-6)22-26(23-31(33)37-7)25-39-40(34(3,4)5,28-18-13-11-14-19-28)29-20-15-12-16-21-29/h11-16,18-23,27H,8-10,17,24-25H2,1-7H3/t27-/m1/s1. The smallest absolute Gasteiger partial charge is 0.306 e. The summed E-state index contributed by atoms with van der Waals surface area (Å²) in [5, 5.41) is 2.34. The first-order chi connectivity index (χ1) is 19.2. The Morgan fingerprint density at radius 1 is 0.850 bits per heavy atom. The van der Waals surface area contributed by atoms with Crippen LogP contribution in [-0.2, 0) is 20.6 Å². The summed E-state index contributed by atoms with van der Waals surface area (Å²) in [4.78, 5) is 12.5. The van der Waals surface area contributed by atoms with Crippen molar-refractivity contribution in [3.63, 3.8) is 0 Å².